The second kappa shape index (κ2) is 6.61. The lowest BCUT2D eigenvalue weighted by Gasteiger charge is -2.05. The third-order valence-electron chi connectivity index (χ3n) is 2.93. The van der Waals surface area contributed by atoms with Crippen LogP contribution in [0, 0.1) is 0 Å². The second-order valence-electron chi connectivity index (χ2n) is 4.51. The van der Waals surface area contributed by atoms with E-state index in [2.05, 4.69) is 6.92 Å². The average molecular weight is 291 g/mol. The molecule has 2 rings (SSSR count). The predicted octanol–water partition coefficient (Wildman–Crippen LogP) is 3.53. The van der Waals surface area contributed by atoms with E-state index >= 15 is 0 Å². The van der Waals surface area contributed by atoms with Gasteiger partial charge < -0.3 is 4.74 Å². The van der Waals surface area contributed by atoms with Crippen molar-refractivity contribution >= 4 is 29.0 Å². The number of carbonyl (C=O) groups excluding carboxylic acids is 2. The number of ether oxygens (including phenoxy) is 1. The van der Waals surface area contributed by atoms with Crippen molar-refractivity contribution < 1.29 is 14.3 Å². The number of imide groups is 1. The zero-order valence-electron chi connectivity index (χ0n) is 11.6. The molecule has 1 saturated heterocycles. The number of unbranched alkanes of at least 4 members (excludes halogenated alkanes) is 1. The number of hydrogen-bond acceptors (Lipinski definition) is 4. The van der Waals surface area contributed by atoms with Crippen molar-refractivity contribution in [3.8, 4) is 5.75 Å². The zero-order chi connectivity index (χ0) is 14.5. The van der Waals surface area contributed by atoms with E-state index in [1.165, 1.54) is 7.05 Å². The van der Waals surface area contributed by atoms with Gasteiger partial charge in [0.15, 0.2) is 0 Å². The first-order valence-corrected chi connectivity index (χ1v) is 7.38. The molecule has 1 aromatic rings. The van der Waals surface area contributed by atoms with Gasteiger partial charge in [-0.2, -0.15) is 0 Å². The molecule has 4 nitrogen and oxygen atoms in total. The molecule has 0 radical (unpaired) electrons. The number of amides is 2. The van der Waals surface area contributed by atoms with Gasteiger partial charge in [0, 0.05) is 7.05 Å². The topological polar surface area (TPSA) is 46.6 Å². The summed E-state index contributed by atoms with van der Waals surface area (Å²) in [4.78, 5) is 24.7. The van der Waals surface area contributed by atoms with Gasteiger partial charge in [0.05, 0.1) is 11.5 Å². The number of likely N-dealkylation sites (N-methyl/N-ethyl adjacent to an activating group) is 1. The lowest BCUT2D eigenvalue weighted by Crippen LogP contribution is -2.22. The van der Waals surface area contributed by atoms with Crippen molar-refractivity contribution in [3.05, 3.63) is 34.7 Å². The van der Waals surface area contributed by atoms with E-state index < -0.39 is 0 Å². The van der Waals surface area contributed by atoms with Crippen LogP contribution in [0.15, 0.2) is 29.2 Å². The van der Waals surface area contributed by atoms with Gasteiger partial charge in [-0.15, -0.1) is 0 Å². The molecule has 5 heteroatoms. The van der Waals surface area contributed by atoms with Gasteiger partial charge in [-0.25, -0.2) is 0 Å². The Morgan fingerprint density at radius 1 is 1.25 bits per heavy atom. The summed E-state index contributed by atoms with van der Waals surface area (Å²) in [5.74, 6) is 0.572. The molecule has 1 aromatic carbocycles. The first kappa shape index (κ1) is 14.7. The quantitative estimate of drug-likeness (QED) is 0.615. The van der Waals surface area contributed by atoms with E-state index in [4.69, 9.17) is 4.74 Å². The smallest absolute Gasteiger partial charge is 0.293 e. The maximum absolute atomic E-state index is 11.8. The van der Waals surface area contributed by atoms with Gasteiger partial charge in [0.25, 0.3) is 11.1 Å². The Balaban J connectivity index is 2.04. The summed E-state index contributed by atoms with van der Waals surface area (Å²) in [5, 5.41) is -0.235. The molecule has 0 aliphatic carbocycles. The van der Waals surface area contributed by atoms with Gasteiger partial charge >= 0.3 is 0 Å². The van der Waals surface area contributed by atoms with E-state index in [-0.39, 0.29) is 11.1 Å². The van der Waals surface area contributed by atoms with E-state index in [1.807, 2.05) is 24.3 Å². The van der Waals surface area contributed by atoms with Crippen molar-refractivity contribution in [2.45, 2.75) is 19.8 Å². The molecule has 0 spiro atoms. The molecule has 2 amide bonds. The van der Waals surface area contributed by atoms with Crippen molar-refractivity contribution in [3.63, 3.8) is 0 Å². The molecule has 106 valence electrons. The SMILES string of the molecule is CCCCOc1ccc(/C=C2\SC(=O)N(C)C2=O)cc1. The molecular weight excluding hydrogens is 274 g/mol. The first-order chi connectivity index (χ1) is 9.61. The predicted molar refractivity (Wildman–Crippen MR) is 80.6 cm³/mol. The number of nitrogens with zero attached hydrogens (tertiary/aromatic N) is 1. The molecule has 0 unspecified atom stereocenters. The van der Waals surface area contributed by atoms with Crippen LogP contribution in [0.5, 0.6) is 5.75 Å². The van der Waals surface area contributed by atoms with Crippen LogP contribution in [0.1, 0.15) is 25.3 Å². The van der Waals surface area contributed by atoms with Crippen molar-refractivity contribution in [1.29, 1.82) is 0 Å². The van der Waals surface area contributed by atoms with Crippen LogP contribution in [0.3, 0.4) is 0 Å². The highest BCUT2D eigenvalue weighted by atomic mass is 32.2. The van der Waals surface area contributed by atoms with E-state index in [1.54, 1.807) is 6.08 Å². The maximum Gasteiger partial charge on any atom is 0.293 e. The standard InChI is InChI=1S/C15H17NO3S/c1-3-4-9-19-12-7-5-11(6-8-12)10-13-14(17)16(2)15(18)20-13/h5-8,10H,3-4,9H2,1-2H3/b13-10-. The minimum atomic E-state index is -0.247. The van der Waals surface area contributed by atoms with Crippen LogP contribution in [0.25, 0.3) is 6.08 Å². The summed E-state index contributed by atoms with van der Waals surface area (Å²) in [6, 6.07) is 7.51. The Morgan fingerprint density at radius 2 is 1.95 bits per heavy atom. The molecule has 1 heterocycles. The highest BCUT2D eigenvalue weighted by Crippen LogP contribution is 2.31. The lowest BCUT2D eigenvalue weighted by molar-refractivity contribution is -0.121. The van der Waals surface area contributed by atoms with Crippen LogP contribution >= 0.6 is 11.8 Å². The first-order valence-electron chi connectivity index (χ1n) is 6.56. The van der Waals surface area contributed by atoms with E-state index in [0.29, 0.717) is 11.5 Å². The lowest BCUT2D eigenvalue weighted by atomic mass is 10.2. The van der Waals surface area contributed by atoms with Crippen LogP contribution in [0.4, 0.5) is 4.79 Å². The molecule has 20 heavy (non-hydrogen) atoms. The largest absolute Gasteiger partial charge is 0.494 e. The molecule has 1 fully saturated rings. The zero-order valence-corrected chi connectivity index (χ0v) is 12.4. The highest BCUT2D eigenvalue weighted by molar-refractivity contribution is 8.18. The van der Waals surface area contributed by atoms with Gasteiger partial charge in [-0.05, 0) is 42.0 Å². The van der Waals surface area contributed by atoms with Crippen LogP contribution in [-0.2, 0) is 4.79 Å². The Hall–Kier alpha value is -1.75. The fraction of sp³-hybridized carbons (Fsp3) is 0.333. The monoisotopic (exact) mass is 291 g/mol. The summed E-state index contributed by atoms with van der Waals surface area (Å²) >= 11 is 0.965. The number of hydrogen-bond donors (Lipinski definition) is 0. The van der Waals surface area contributed by atoms with Crippen molar-refractivity contribution in [1.82, 2.24) is 4.90 Å². The fourth-order valence-electron chi connectivity index (χ4n) is 1.69. The van der Waals surface area contributed by atoms with Gasteiger partial charge in [-0.1, -0.05) is 25.5 Å². The Bertz CT molecular complexity index is 537. The Morgan fingerprint density at radius 3 is 2.50 bits per heavy atom. The number of thioether (sulfide) groups is 1. The highest BCUT2D eigenvalue weighted by Gasteiger charge is 2.31. The Kier molecular flexibility index (Phi) is 4.84. The third-order valence-corrected chi connectivity index (χ3v) is 3.89. The summed E-state index contributed by atoms with van der Waals surface area (Å²) in [7, 11) is 1.49. The maximum atomic E-state index is 11.8. The molecule has 0 N–H and O–H groups in total. The fourth-order valence-corrected chi connectivity index (χ4v) is 2.52. The number of carbonyl (C=O) groups is 2. The van der Waals surface area contributed by atoms with Crippen LogP contribution in [-0.4, -0.2) is 29.7 Å². The van der Waals surface area contributed by atoms with Crippen molar-refractivity contribution in [2.24, 2.45) is 0 Å². The second-order valence-corrected chi connectivity index (χ2v) is 5.50. The molecule has 0 aromatic heterocycles. The summed E-state index contributed by atoms with van der Waals surface area (Å²) in [6.45, 7) is 2.83. The normalized spacial score (nSPS) is 17.1. The molecule has 0 atom stereocenters. The molecule has 0 bridgehead atoms. The van der Waals surface area contributed by atoms with Gasteiger partial charge in [-0.3, -0.25) is 14.5 Å². The van der Waals surface area contributed by atoms with E-state index in [9.17, 15) is 9.59 Å². The number of benzene rings is 1. The summed E-state index contributed by atoms with van der Waals surface area (Å²) in [5.41, 5.74) is 0.881. The molecule has 1 aliphatic heterocycles. The van der Waals surface area contributed by atoms with Crippen LogP contribution < -0.4 is 4.74 Å². The van der Waals surface area contributed by atoms with Crippen LogP contribution in [0.2, 0.25) is 0 Å². The average Bonchev–Trinajstić information content (AvgIpc) is 2.69. The van der Waals surface area contributed by atoms with Gasteiger partial charge in [0.1, 0.15) is 5.75 Å². The summed E-state index contributed by atoms with van der Waals surface area (Å²) in [6.07, 6.45) is 3.86. The van der Waals surface area contributed by atoms with E-state index in [0.717, 1.165) is 40.8 Å². The summed E-state index contributed by atoms with van der Waals surface area (Å²) < 4.78 is 5.57. The third kappa shape index (κ3) is 3.42. The Labute approximate surface area is 122 Å². The number of rotatable bonds is 5. The van der Waals surface area contributed by atoms with Crippen molar-refractivity contribution in [2.75, 3.05) is 13.7 Å². The van der Waals surface area contributed by atoms with Gasteiger partial charge in [0.2, 0.25) is 0 Å². The molecule has 1 aliphatic rings. The minimum absolute atomic E-state index is 0.235. The minimum Gasteiger partial charge on any atom is -0.494 e. The molecule has 0 saturated carbocycles. The molecular formula is C15H17NO3S.